The number of allylic oxidation sites excluding steroid dienone is 1. The Bertz CT molecular complexity index is 410. The predicted molar refractivity (Wildman–Crippen MR) is 74.4 cm³/mol. The lowest BCUT2D eigenvalue weighted by Gasteiger charge is -2.21. The van der Waals surface area contributed by atoms with Crippen molar-refractivity contribution in [2.24, 2.45) is 5.92 Å². The molecule has 1 rings (SSSR count). The lowest BCUT2D eigenvalue weighted by atomic mass is 10.1. The Morgan fingerprint density at radius 2 is 1.94 bits per heavy atom. The smallest absolute Gasteiger partial charge is 0.354 e. The van der Waals surface area contributed by atoms with Crippen molar-refractivity contribution in [3.8, 4) is 0 Å². The van der Waals surface area contributed by atoms with E-state index in [2.05, 4.69) is 13.8 Å². The van der Waals surface area contributed by atoms with E-state index in [1.165, 1.54) is 7.11 Å². The average molecular weight is 247 g/mol. The lowest BCUT2D eigenvalue weighted by molar-refractivity contribution is -0.136. The number of anilines is 1. The molecule has 0 radical (unpaired) electrons. The van der Waals surface area contributed by atoms with Gasteiger partial charge in [-0.3, -0.25) is 0 Å². The van der Waals surface area contributed by atoms with Crippen LogP contribution in [0.15, 0.2) is 42.1 Å². The largest absolute Gasteiger partial charge is 0.464 e. The van der Waals surface area contributed by atoms with Gasteiger partial charge in [0.25, 0.3) is 0 Å². The SMILES string of the molecule is COC(=O)/C(=C/CC(C)C)N(C)c1ccccc1. The Morgan fingerprint density at radius 3 is 2.44 bits per heavy atom. The summed E-state index contributed by atoms with van der Waals surface area (Å²) in [5.41, 5.74) is 1.55. The van der Waals surface area contributed by atoms with E-state index in [-0.39, 0.29) is 5.97 Å². The van der Waals surface area contributed by atoms with Crippen LogP contribution in [0.5, 0.6) is 0 Å². The predicted octanol–water partition coefficient (Wildman–Crippen LogP) is 3.23. The maximum absolute atomic E-state index is 11.8. The number of benzene rings is 1. The van der Waals surface area contributed by atoms with Crippen molar-refractivity contribution >= 4 is 11.7 Å². The van der Waals surface area contributed by atoms with E-state index >= 15 is 0 Å². The monoisotopic (exact) mass is 247 g/mol. The summed E-state index contributed by atoms with van der Waals surface area (Å²) >= 11 is 0. The molecule has 1 aromatic carbocycles. The van der Waals surface area contributed by atoms with Crippen molar-refractivity contribution in [2.45, 2.75) is 20.3 Å². The Balaban J connectivity index is 2.96. The summed E-state index contributed by atoms with van der Waals surface area (Å²) in [5, 5.41) is 0. The van der Waals surface area contributed by atoms with Crippen LogP contribution in [0.1, 0.15) is 20.3 Å². The Hall–Kier alpha value is -1.77. The fourth-order valence-corrected chi connectivity index (χ4v) is 1.60. The molecule has 0 aromatic heterocycles. The topological polar surface area (TPSA) is 29.5 Å². The fraction of sp³-hybridized carbons (Fsp3) is 0.400. The van der Waals surface area contributed by atoms with Crippen molar-refractivity contribution < 1.29 is 9.53 Å². The molecule has 0 aliphatic rings. The van der Waals surface area contributed by atoms with Gasteiger partial charge in [0, 0.05) is 12.7 Å². The third-order valence-electron chi connectivity index (χ3n) is 2.68. The van der Waals surface area contributed by atoms with Crippen molar-refractivity contribution in [1.29, 1.82) is 0 Å². The minimum Gasteiger partial charge on any atom is -0.464 e. The number of nitrogens with zero attached hydrogens (tertiary/aromatic N) is 1. The molecule has 0 spiro atoms. The molecule has 0 unspecified atom stereocenters. The quantitative estimate of drug-likeness (QED) is 0.591. The second-order valence-corrected chi connectivity index (χ2v) is 4.61. The molecule has 0 heterocycles. The van der Waals surface area contributed by atoms with Gasteiger partial charge in [-0.05, 0) is 24.5 Å². The van der Waals surface area contributed by atoms with Gasteiger partial charge in [-0.15, -0.1) is 0 Å². The van der Waals surface area contributed by atoms with Crippen LogP contribution >= 0.6 is 0 Å². The molecular weight excluding hydrogens is 226 g/mol. The average Bonchev–Trinajstić information content (AvgIpc) is 2.39. The molecule has 0 fully saturated rings. The summed E-state index contributed by atoms with van der Waals surface area (Å²) in [4.78, 5) is 13.7. The summed E-state index contributed by atoms with van der Waals surface area (Å²) in [6.07, 6.45) is 2.78. The maximum atomic E-state index is 11.8. The first kappa shape index (κ1) is 14.3. The summed E-state index contributed by atoms with van der Waals surface area (Å²) in [7, 11) is 3.28. The van der Waals surface area contributed by atoms with Crippen molar-refractivity contribution in [3.63, 3.8) is 0 Å². The minimum atomic E-state index is -0.304. The number of hydrogen-bond acceptors (Lipinski definition) is 3. The van der Waals surface area contributed by atoms with E-state index in [9.17, 15) is 4.79 Å². The molecule has 3 heteroatoms. The number of methoxy groups -OCH3 is 1. The van der Waals surface area contributed by atoms with Gasteiger partial charge in [0.15, 0.2) is 0 Å². The standard InChI is InChI=1S/C15H21NO2/c1-12(2)10-11-14(15(17)18-4)16(3)13-8-6-5-7-9-13/h5-9,11-12H,10H2,1-4H3/b14-11-. The summed E-state index contributed by atoms with van der Waals surface area (Å²) in [5.74, 6) is 0.204. The highest BCUT2D eigenvalue weighted by atomic mass is 16.5. The van der Waals surface area contributed by atoms with Crippen molar-refractivity contribution in [1.82, 2.24) is 0 Å². The van der Waals surface area contributed by atoms with Gasteiger partial charge in [0.2, 0.25) is 0 Å². The zero-order chi connectivity index (χ0) is 13.5. The van der Waals surface area contributed by atoms with Crippen LogP contribution in [-0.4, -0.2) is 20.1 Å². The molecule has 1 aromatic rings. The van der Waals surface area contributed by atoms with Crippen molar-refractivity contribution in [3.05, 3.63) is 42.1 Å². The van der Waals surface area contributed by atoms with E-state index in [0.717, 1.165) is 12.1 Å². The molecule has 98 valence electrons. The molecule has 0 atom stereocenters. The Morgan fingerprint density at radius 1 is 1.33 bits per heavy atom. The number of likely N-dealkylation sites (N-methyl/N-ethyl adjacent to an activating group) is 1. The molecule has 0 aliphatic heterocycles. The second-order valence-electron chi connectivity index (χ2n) is 4.61. The van der Waals surface area contributed by atoms with E-state index in [4.69, 9.17) is 4.74 Å². The zero-order valence-electron chi connectivity index (χ0n) is 11.5. The van der Waals surface area contributed by atoms with Gasteiger partial charge in [-0.2, -0.15) is 0 Å². The summed E-state index contributed by atoms with van der Waals surface area (Å²) < 4.78 is 4.84. The zero-order valence-corrected chi connectivity index (χ0v) is 11.5. The first-order valence-electron chi connectivity index (χ1n) is 6.13. The fourth-order valence-electron chi connectivity index (χ4n) is 1.60. The molecule has 0 bridgehead atoms. The van der Waals surface area contributed by atoms with Crippen LogP contribution in [0, 0.1) is 5.92 Å². The summed E-state index contributed by atoms with van der Waals surface area (Å²) in [6, 6.07) is 9.78. The number of ether oxygens (including phenoxy) is 1. The first-order chi connectivity index (χ1) is 8.56. The molecule has 0 N–H and O–H groups in total. The van der Waals surface area contributed by atoms with Crippen LogP contribution in [0.4, 0.5) is 5.69 Å². The number of hydrogen-bond donors (Lipinski definition) is 0. The van der Waals surface area contributed by atoms with Gasteiger partial charge >= 0.3 is 5.97 Å². The number of para-hydroxylation sites is 1. The van der Waals surface area contributed by atoms with Gasteiger partial charge in [0.1, 0.15) is 5.70 Å². The van der Waals surface area contributed by atoms with Crippen LogP contribution in [0.25, 0.3) is 0 Å². The van der Waals surface area contributed by atoms with E-state index in [1.54, 1.807) is 0 Å². The van der Waals surface area contributed by atoms with E-state index in [0.29, 0.717) is 11.6 Å². The number of carbonyl (C=O) groups is 1. The van der Waals surface area contributed by atoms with Crippen LogP contribution in [0.3, 0.4) is 0 Å². The molecule has 18 heavy (non-hydrogen) atoms. The van der Waals surface area contributed by atoms with E-state index < -0.39 is 0 Å². The van der Waals surface area contributed by atoms with Crippen molar-refractivity contribution in [2.75, 3.05) is 19.1 Å². The molecule has 0 amide bonds. The molecule has 0 aliphatic carbocycles. The molecule has 3 nitrogen and oxygen atoms in total. The lowest BCUT2D eigenvalue weighted by Crippen LogP contribution is -2.24. The molecular formula is C15H21NO2. The normalized spacial score (nSPS) is 11.5. The highest BCUT2D eigenvalue weighted by Crippen LogP contribution is 2.18. The van der Waals surface area contributed by atoms with Gasteiger partial charge in [0.05, 0.1) is 7.11 Å². The van der Waals surface area contributed by atoms with Crippen LogP contribution < -0.4 is 4.90 Å². The number of rotatable bonds is 5. The third-order valence-corrected chi connectivity index (χ3v) is 2.68. The Labute approximate surface area is 109 Å². The highest BCUT2D eigenvalue weighted by molar-refractivity contribution is 5.92. The van der Waals surface area contributed by atoms with Crippen LogP contribution in [0.2, 0.25) is 0 Å². The van der Waals surface area contributed by atoms with Gasteiger partial charge in [-0.1, -0.05) is 38.1 Å². The first-order valence-corrected chi connectivity index (χ1v) is 6.13. The molecule has 0 saturated carbocycles. The Kier molecular flexibility index (Phi) is 5.43. The number of esters is 1. The number of carbonyl (C=O) groups excluding carboxylic acids is 1. The third kappa shape index (κ3) is 3.91. The van der Waals surface area contributed by atoms with E-state index in [1.807, 2.05) is 48.4 Å². The van der Waals surface area contributed by atoms with Gasteiger partial charge in [-0.25, -0.2) is 4.79 Å². The summed E-state index contributed by atoms with van der Waals surface area (Å²) in [6.45, 7) is 4.24. The van der Waals surface area contributed by atoms with Gasteiger partial charge < -0.3 is 9.64 Å². The highest BCUT2D eigenvalue weighted by Gasteiger charge is 2.15. The second kappa shape index (κ2) is 6.84. The maximum Gasteiger partial charge on any atom is 0.354 e. The van der Waals surface area contributed by atoms with Crippen LogP contribution in [-0.2, 0) is 9.53 Å². The molecule has 0 saturated heterocycles. The minimum absolute atomic E-state index is 0.304.